The van der Waals surface area contributed by atoms with Crippen LogP contribution in [0.15, 0.2) is 18.2 Å². The Morgan fingerprint density at radius 3 is 2.96 bits per heavy atom. The Kier molecular flexibility index (Phi) is 5.60. The number of aromatic amines is 1. The van der Waals surface area contributed by atoms with Crippen LogP contribution in [0.4, 0.5) is 0 Å². The van der Waals surface area contributed by atoms with Gasteiger partial charge in [-0.3, -0.25) is 4.79 Å². The maximum Gasteiger partial charge on any atom is 0.223 e. The van der Waals surface area contributed by atoms with Gasteiger partial charge in [0.25, 0.3) is 0 Å². The van der Waals surface area contributed by atoms with E-state index in [1.54, 1.807) is 0 Å². The van der Waals surface area contributed by atoms with E-state index in [9.17, 15) is 4.79 Å². The number of piperidine rings is 1. The number of nitrogens with one attached hydrogen (secondary N) is 1. The van der Waals surface area contributed by atoms with Gasteiger partial charge in [0.1, 0.15) is 0 Å². The molecule has 2 heterocycles. The zero-order valence-corrected chi connectivity index (χ0v) is 14.9. The summed E-state index contributed by atoms with van der Waals surface area (Å²) >= 11 is 0. The molecule has 3 heteroatoms. The molecule has 1 saturated carbocycles. The van der Waals surface area contributed by atoms with Gasteiger partial charge in [-0.25, -0.2) is 0 Å². The zero-order valence-electron chi connectivity index (χ0n) is 14.9. The first-order chi connectivity index (χ1) is 11.7. The van der Waals surface area contributed by atoms with Crippen molar-refractivity contribution < 1.29 is 4.79 Å². The average Bonchev–Trinajstić information content (AvgIpc) is 2.97. The van der Waals surface area contributed by atoms with Crippen LogP contribution in [0.25, 0.3) is 12.7 Å². The van der Waals surface area contributed by atoms with E-state index in [0.717, 1.165) is 35.1 Å². The van der Waals surface area contributed by atoms with Gasteiger partial charge < -0.3 is 9.88 Å². The summed E-state index contributed by atoms with van der Waals surface area (Å²) in [6.45, 7) is 7.04. The fourth-order valence-electron chi connectivity index (χ4n) is 4.37. The number of amides is 1. The van der Waals surface area contributed by atoms with Gasteiger partial charge in [0.05, 0.1) is 0 Å². The molecule has 1 saturated heterocycles. The molecular weight excluding hydrogens is 296 g/mol. The summed E-state index contributed by atoms with van der Waals surface area (Å²) in [4.78, 5) is 18.4. The lowest BCUT2D eigenvalue weighted by Crippen LogP contribution is -2.49. The fraction of sp³-hybridized carbons (Fsp3) is 0.571. The zero-order chi connectivity index (χ0) is 16.9. The third-order valence-electron chi connectivity index (χ3n) is 5.62. The van der Waals surface area contributed by atoms with Crippen molar-refractivity contribution in [1.29, 1.82) is 0 Å². The van der Waals surface area contributed by atoms with Crippen molar-refractivity contribution >= 4 is 18.6 Å². The minimum atomic E-state index is 0.339. The standard InChI is InChI=1S/C21H30N2O/c1-3-4-10-19-16(2)15-18(22-19)12-13-21(24)23-14-7-9-17-8-5-6-11-20(17)23/h3-4,10,15,17,20,22H,2,5-9,11-14H2,1H3. The summed E-state index contributed by atoms with van der Waals surface area (Å²) in [6.07, 6.45) is 15.1. The summed E-state index contributed by atoms with van der Waals surface area (Å²) in [6, 6.07) is 2.59. The van der Waals surface area contributed by atoms with Gasteiger partial charge in [-0.1, -0.05) is 31.6 Å². The topological polar surface area (TPSA) is 36.1 Å². The predicted octanol–water partition coefficient (Wildman–Crippen LogP) is 2.90. The molecule has 3 rings (SSSR count). The fourth-order valence-corrected chi connectivity index (χ4v) is 4.37. The number of hydrogen-bond donors (Lipinski definition) is 1. The van der Waals surface area contributed by atoms with Crippen LogP contribution >= 0.6 is 0 Å². The van der Waals surface area contributed by atoms with Crippen LogP contribution in [-0.4, -0.2) is 28.4 Å². The number of aryl methyl sites for hydroxylation is 1. The molecule has 1 aromatic heterocycles. The number of carbonyl (C=O) groups is 1. The Morgan fingerprint density at radius 2 is 2.12 bits per heavy atom. The highest BCUT2D eigenvalue weighted by Crippen LogP contribution is 2.35. The monoisotopic (exact) mass is 326 g/mol. The first-order valence-electron chi connectivity index (χ1n) is 9.48. The van der Waals surface area contributed by atoms with E-state index in [4.69, 9.17) is 0 Å². The van der Waals surface area contributed by atoms with E-state index in [0.29, 0.717) is 18.4 Å². The molecule has 1 N–H and O–H groups in total. The maximum atomic E-state index is 12.8. The lowest BCUT2D eigenvalue weighted by atomic mass is 9.78. The minimum Gasteiger partial charge on any atom is -0.358 e. The maximum absolute atomic E-state index is 12.8. The highest BCUT2D eigenvalue weighted by Gasteiger charge is 2.35. The molecule has 0 spiro atoms. The Balaban J connectivity index is 1.62. The van der Waals surface area contributed by atoms with Crippen molar-refractivity contribution in [2.75, 3.05) is 6.54 Å². The van der Waals surface area contributed by atoms with E-state index in [1.165, 1.54) is 38.5 Å². The molecule has 2 aliphatic rings. The third kappa shape index (κ3) is 3.82. The molecule has 0 radical (unpaired) electrons. The van der Waals surface area contributed by atoms with Crippen LogP contribution in [0, 0.1) is 5.92 Å². The van der Waals surface area contributed by atoms with Crippen molar-refractivity contribution in [3.8, 4) is 0 Å². The molecule has 24 heavy (non-hydrogen) atoms. The van der Waals surface area contributed by atoms with Crippen molar-refractivity contribution in [3.05, 3.63) is 34.5 Å². The highest BCUT2D eigenvalue weighted by atomic mass is 16.2. The van der Waals surface area contributed by atoms with Crippen LogP contribution in [0.5, 0.6) is 0 Å². The molecule has 1 amide bonds. The summed E-state index contributed by atoms with van der Waals surface area (Å²) in [5.74, 6) is 1.10. The first kappa shape index (κ1) is 17.1. The molecule has 2 atom stereocenters. The van der Waals surface area contributed by atoms with Crippen molar-refractivity contribution in [3.63, 3.8) is 0 Å². The van der Waals surface area contributed by atoms with E-state index in [2.05, 4.69) is 22.5 Å². The summed E-state index contributed by atoms with van der Waals surface area (Å²) in [5, 5.41) is 2.04. The van der Waals surface area contributed by atoms with Gasteiger partial charge in [0.15, 0.2) is 0 Å². The van der Waals surface area contributed by atoms with E-state index in [-0.39, 0.29) is 0 Å². The second-order valence-electron chi connectivity index (χ2n) is 7.27. The van der Waals surface area contributed by atoms with Crippen LogP contribution < -0.4 is 10.6 Å². The number of hydrogen-bond acceptors (Lipinski definition) is 1. The number of likely N-dealkylation sites (tertiary alicyclic amines) is 1. The molecule has 1 aromatic rings. The van der Waals surface area contributed by atoms with Crippen LogP contribution in [0.2, 0.25) is 0 Å². The molecule has 1 aliphatic heterocycles. The van der Waals surface area contributed by atoms with E-state index in [1.807, 2.05) is 25.2 Å². The number of nitrogens with zero attached hydrogens (tertiary/aromatic N) is 1. The second kappa shape index (κ2) is 7.87. The molecule has 1 aliphatic carbocycles. The average molecular weight is 326 g/mol. The number of rotatable bonds is 4. The first-order valence-corrected chi connectivity index (χ1v) is 9.48. The lowest BCUT2D eigenvalue weighted by Gasteiger charge is -2.44. The van der Waals surface area contributed by atoms with Crippen LogP contribution in [0.3, 0.4) is 0 Å². The number of aromatic nitrogens is 1. The largest absolute Gasteiger partial charge is 0.358 e. The normalized spacial score (nSPS) is 25.2. The van der Waals surface area contributed by atoms with Crippen molar-refractivity contribution in [2.45, 2.75) is 64.3 Å². The quantitative estimate of drug-likeness (QED) is 0.907. The van der Waals surface area contributed by atoms with Gasteiger partial charge in [0, 0.05) is 30.1 Å². The predicted molar refractivity (Wildman–Crippen MR) is 99.9 cm³/mol. The molecule has 0 bridgehead atoms. The van der Waals surface area contributed by atoms with Gasteiger partial charge in [-0.15, -0.1) is 0 Å². The molecule has 130 valence electrons. The molecule has 3 nitrogen and oxygen atoms in total. The van der Waals surface area contributed by atoms with Crippen LogP contribution in [0.1, 0.15) is 57.6 Å². The highest BCUT2D eigenvalue weighted by molar-refractivity contribution is 5.77. The summed E-state index contributed by atoms with van der Waals surface area (Å²) in [5.41, 5.74) is 1.11. The Hall–Kier alpha value is -1.77. The summed E-state index contributed by atoms with van der Waals surface area (Å²) in [7, 11) is 0. The van der Waals surface area contributed by atoms with Gasteiger partial charge in [-0.05, 0) is 62.3 Å². The number of allylic oxidation sites excluding steroid dienone is 2. The SMILES string of the molecule is C=c1cc(CCC(=O)N2CCCC3CCCCC32)[nH]c1=CC=CC. The molecule has 0 aromatic carbocycles. The van der Waals surface area contributed by atoms with Gasteiger partial charge >= 0.3 is 0 Å². The summed E-state index contributed by atoms with van der Waals surface area (Å²) < 4.78 is 0. The third-order valence-corrected chi connectivity index (χ3v) is 5.62. The molecular formula is C21H30N2O. The van der Waals surface area contributed by atoms with Crippen molar-refractivity contribution in [1.82, 2.24) is 9.88 Å². The van der Waals surface area contributed by atoms with Crippen LogP contribution in [-0.2, 0) is 11.2 Å². The number of carbonyl (C=O) groups excluding carboxylic acids is 1. The van der Waals surface area contributed by atoms with E-state index >= 15 is 0 Å². The minimum absolute atomic E-state index is 0.339. The molecule has 2 unspecified atom stereocenters. The van der Waals surface area contributed by atoms with Gasteiger partial charge in [0.2, 0.25) is 5.91 Å². The van der Waals surface area contributed by atoms with Gasteiger partial charge in [-0.2, -0.15) is 0 Å². The molecule has 2 fully saturated rings. The second-order valence-corrected chi connectivity index (χ2v) is 7.27. The number of H-pyrrole nitrogens is 1. The number of fused-ring (bicyclic) bond motifs is 1. The Labute approximate surface area is 145 Å². The van der Waals surface area contributed by atoms with E-state index < -0.39 is 0 Å². The van der Waals surface area contributed by atoms with Crippen molar-refractivity contribution in [2.24, 2.45) is 5.92 Å². The smallest absolute Gasteiger partial charge is 0.223 e. The lowest BCUT2D eigenvalue weighted by molar-refractivity contribution is -0.137. The Morgan fingerprint density at radius 1 is 1.33 bits per heavy atom. The Bertz CT molecular complexity index is 698.